The van der Waals surface area contributed by atoms with Crippen LogP contribution in [0.1, 0.15) is 16.3 Å². The number of hydrogen-bond acceptors (Lipinski definition) is 3. The van der Waals surface area contributed by atoms with Crippen LogP contribution in [-0.4, -0.2) is 10.1 Å². The van der Waals surface area contributed by atoms with E-state index in [-0.39, 0.29) is 11.5 Å². The van der Waals surface area contributed by atoms with Crippen LogP contribution < -0.4 is 5.32 Å². The van der Waals surface area contributed by atoms with Crippen LogP contribution >= 0.6 is 23.2 Å². The van der Waals surface area contributed by atoms with Crippen LogP contribution in [0.2, 0.25) is 10.0 Å². The summed E-state index contributed by atoms with van der Waals surface area (Å²) in [4.78, 5) is 12.8. The minimum Gasteiger partial charge on any atom is -0.455 e. The van der Waals surface area contributed by atoms with Crippen LogP contribution in [0, 0.1) is 0 Å². The van der Waals surface area contributed by atoms with Crippen LogP contribution in [-0.2, 0) is 16.6 Å². The van der Waals surface area contributed by atoms with E-state index in [0.29, 0.717) is 26.4 Å². The maximum Gasteiger partial charge on any atom is 0.291 e. The van der Waals surface area contributed by atoms with Gasteiger partial charge in [0, 0.05) is 20.6 Å². The third-order valence-corrected chi connectivity index (χ3v) is 5.15. The van der Waals surface area contributed by atoms with Crippen molar-refractivity contribution in [3.63, 3.8) is 0 Å². The molecule has 4 nitrogen and oxygen atoms in total. The highest BCUT2D eigenvalue weighted by Crippen LogP contribution is 2.19. The number of benzene rings is 2. The van der Waals surface area contributed by atoms with Crippen molar-refractivity contribution in [3.05, 3.63) is 82.2 Å². The standard InChI is InChI=1S/C18H13Cl2NO3S/c19-12-4-7-16(8-5-12)25(23)11-15-6-9-17(24-15)18(22)21-14-3-1-2-13(20)10-14/h1-10H,11H2,(H,21,22)/t25-/m0/s1. The molecule has 128 valence electrons. The third kappa shape index (κ3) is 4.72. The molecule has 1 N–H and O–H groups in total. The number of rotatable bonds is 5. The van der Waals surface area contributed by atoms with Crippen molar-refractivity contribution >= 4 is 45.6 Å². The van der Waals surface area contributed by atoms with Crippen LogP contribution in [0.4, 0.5) is 5.69 Å². The lowest BCUT2D eigenvalue weighted by atomic mass is 10.3. The fourth-order valence-corrected chi connectivity index (χ4v) is 3.47. The van der Waals surface area contributed by atoms with Gasteiger partial charge in [0.2, 0.25) is 0 Å². The molecule has 3 rings (SSSR count). The zero-order chi connectivity index (χ0) is 17.8. The molecule has 0 radical (unpaired) electrons. The monoisotopic (exact) mass is 393 g/mol. The zero-order valence-corrected chi connectivity index (χ0v) is 15.2. The van der Waals surface area contributed by atoms with Gasteiger partial charge in [0.15, 0.2) is 5.76 Å². The van der Waals surface area contributed by atoms with Gasteiger partial charge in [-0.15, -0.1) is 0 Å². The van der Waals surface area contributed by atoms with E-state index in [1.165, 1.54) is 0 Å². The Morgan fingerprint density at radius 1 is 1.00 bits per heavy atom. The fourth-order valence-electron chi connectivity index (χ4n) is 2.14. The van der Waals surface area contributed by atoms with Gasteiger partial charge in [-0.2, -0.15) is 0 Å². The topological polar surface area (TPSA) is 59.3 Å². The Morgan fingerprint density at radius 2 is 1.76 bits per heavy atom. The van der Waals surface area contributed by atoms with Gasteiger partial charge in [0.05, 0.1) is 16.6 Å². The molecular formula is C18H13Cl2NO3S. The van der Waals surface area contributed by atoms with E-state index in [4.69, 9.17) is 27.6 Å². The van der Waals surface area contributed by atoms with E-state index in [0.717, 1.165) is 0 Å². The molecule has 0 bridgehead atoms. The molecule has 0 saturated carbocycles. The number of carbonyl (C=O) groups excluding carboxylic acids is 1. The maximum absolute atomic E-state index is 12.3. The SMILES string of the molecule is O=C(Nc1cccc(Cl)c1)c1ccc(C[S@](=O)c2ccc(Cl)cc2)o1. The number of furan rings is 1. The second kappa shape index (κ2) is 7.87. The van der Waals surface area contributed by atoms with Crippen LogP contribution in [0.5, 0.6) is 0 Å². The van der Waals surface area contributed by atoms with Crippen LogP contribution in [0.3, 0.4) is 0 Å². The van der Waals surface area contributed by atoms with Gasteiger partial charge in [-0.3, -0.25) is 9.00 Å². The van der Waals surface area contributed by atoms with Crippen molar-refractivity contribution < 1.29 is 13.4 Å². The first-order valence-corrected chi connectivity index (χ1v) is 9.38. The number of halogens is 2. The van der Waals surface area contributed by atoms with Gasteiger partial charge in [-0.25, -0.2) is 0 Å². The molecular weight excluding hydrogens is 381 g/mol. The molecule has 0 aliphatic rings. The molecule has 7 heteroatoms. The Bertz CT molecular complexity index is 922. The van der Waals surface area contributed by atoms with Crippen LogP contribution in [0.25, 0.3) is 0 Å². The summed E-state index contributed by atoms with van der Waals surface area (Å²) >= 11 is 11.7. The quantitative estimate of drug-likeness (QED) is 0.651. The molecule has 2 aromatic carbocycles. The Kier molecular flexibility index (Phi) is 5.58. The lowest BCUT2D eigenvalue weighted by Gasteiger charge is -2.03. The smallest absolute Gasteiger partial charge is 0.291 e. The van der Waals surface area contributed by atoms with E-state index in [9.17, 15) is 9.00 Å². The Hall–Kier alpha value is -2.08. The van der Waals surface area contributed by atoms with Gasteiger partial charge >= 0.3 is 0 Å². The summed E-state index contributed by atoms with van der Waals surface area (Å²) in [5.74, 6) is 0.380. The van der Waals surface area contributed by atoms with Gasteiger partial charge < -0.3 is 9.73 Å². The number of amides is 1. The first kappa shape index (κ1) is 17.7. The number of anilines is 1. The molecule has 0 saturated heterocycles. The molecule has 0 unspecified atom stereocenters. The van der Waals surface area contributed by atoms with Crippen molar-refractivity contribution in [1.29, 1.82) is 0 Å². The van der Waals surface area contributed by atoms with E-state index in [1.54, 1.807) is 60.7 Å². The molecule has 1 heterocycles. The highest BCUT2D eigenvalue weighted by Gasteiger charge is 2.14. The first-order chi connectivity index (χ1) is 12.0. The lowest BCUT2D eigenvalue weighted by Crippen LogP contribution is -2.10. The van der Waals surface area contributed by atoms with Crippen molar-refractivity contribution in [2.45, 2.75) is 10.6 Å². The number of nitrogens with one attached hydrogen (secondary N) is 1. The first-order valence-electron chi connectivity index (χ1n) is 7.31. The van der Waals surface area contributed by atoms with Crippen molar-refractivity contribution in [1.82, 2.24) is 0 Å². The minimum atomic E-state index is -1.29. The predicted molar refractivity (Wildman–Crippen MR) is 99.7 cm³/mol. The largest absolute Gasteiger partial charge is 0.455 e. The molecule has 0 spiro atoms. The summed E-state index contributed by atoms with van der Waals surface area (Å²) in [5, 5.41) is 3.80. The second-order valence-corrected chi connectivity index (χ2v) is 7.50. The van der Waals surface area contributed by atoms with E-state index in [2.05, 4.69) is 5.32 Å². The average Bonchev–Trinajstić information content (AvgIpc) is 3.04. The lowest BCUT2D eigenvalue weighted by molar-refractivity contribution is 0.0995. The highest BCUT2D eigenvalue weighted by atomic mass is 35.5. The molecule has 1 atom stereocenters. The normalized spacial score (nSPS) is 11.9. The van der Waals surface area contributed by atoms with Crippen LogP contribution in [0.15, 0.2) is 70.0 Å². The predicted octanol–water partition coefficient (Wildman–Crippen LogP) is 5.15. The Balaban J connectivity index is 1.66. The molecule has 0 aliphatic carbocycles. The average molecular weight is 394 g/mol. The van der Waals surface area contributed by atoms with Gasteiger partial charge in [-0.1, -0.05) is 29.3 Å². The zero-order valence-electron chi connectivity index (χ0n) is 12.9. The summed E-state index contributed by atoms with van der Waals surface area (Å²) in [5.41, 5.74) is 0.570. The summed E-state index contributed by atoms with van der Waals surface area (Å²) in [6.07, 6.45) is 0. The van der Waals surface area contributed by atoms with E-state index in [1.807, 2.05) is 0 Å². The van der Waals surface area contributed by atoms with Gasteiger partial charge in [-0.05, 0) is 54.6 Å². The number of carbonyl (C=O) groups is 1. The Labute approximate surface area is 157 Å². The van der Waals surface area contributed by atoms with Crippen molar-refractivity contribution in [3.8, 4) is 0 Å². The highest BCUT2D eigenvalue weighted by molar-refractivity contribution is 7.84. The minimum absolute atomic E-state index is 0.142. The summed E-state index contributed by atoms with van der Waals surface area (Å²) in [6.45, 7) is 0. The van der Waals surface area contributed by atoms with Crippen molar-refractivity contribution in [2.24, 2.45) is 0 Å². The van der Waals surface area contributed by atoms with E-state index < -0.39 is 16.7 Å². The molecule has 1 amide bonds. The molecule has 25 heavy (non-hydrogen) atoms. The summed E-state index contributed by atoms with van der Waals surface area (Å²) < 4.78 is 17.8. The fraction of sp³-hybridized carbons (Fsp3) is 0.0556. The summed E-state index contributed by atoms with van der Waals surface area (Å²) in [6, 6.07) is 16.8. The molecule has 3 aromatic rings. The van der Waals surface area contributed by atoms with Gasteiger partial charge in [0.25, 0.3) is 5.91 Å². The number of hydrogen-bond donors (Lipinski definition) is 1. The maximum atomic E-state index is 12.3. The van der Waals surface area contributed by atoms with E-state index >= 15 is 0 Å². The second-order valence-electron chi connectivity index (χ2n) is 5.17. The van der Waals surface area contributed by atoms with Crippen molar-refractivity contribution in [2.75, 3.05) is 5.32 Å². The van der Waals surface area contributed by atoms with Gasteiger partial charge in [0.1, 0.15) is 5.76 Å². The molecule has 0 fully saturated rings. The third-order valence-electron chi connectivity index (χ3n) is 3.32. The molecule has 0 aliphatic heterocycles. The summed E-state index contributed by atoms with van der Waals surface area (Å²) in [7, 11) is -1.29. The molecule has 1 aromatic heterocycles. The Morgan fingerprint density at radius 3 is 2.48 bits per heavy atom.